The van der Waals surface area contributed by atoms with Crippen molar-refractivity contribution in [3.8, 4) is 0 Å². The third-order valence-corrected chi connectivity index (χ3v) is 4.09. The van der Waals surface area contributed by atoms with Crippen LogP contribution in [0.5, 0.6) is 0 Å². The average Bonchev–Trinajstić information content (AvgIpc) is 2.53. The molecule has 1 unspecified atom stereocenters. The summed E-state index contributed by atoms with van der Waals surface area (Å²) in [4.78, 5) is 8.10. The van der Waals surface area contributed by atoms with Gasteiger partial charge in [-0.3, -0.25) is 0 Å². The van der Waals surface area contributed by atoms with E-state index < -0.39 is 0 Å². The number of H-pyrrole nitrogens is 1. The molecule has 106 valence electrons. The number of nitrogens with zero attached hydrogens (tertiary/aromatic N) is 1. The van der Waals surface area contributed by atoms with E-state index in [1.807, 2.05) is 0 Å². The number of methoxy groups -OCH3 is 1. The summed E-state index contributed by atoms with van der Waals surface area (Å²) in [5.41, 5.74) is 2.53. The molecule has 1 heterocycles. The molecule has 0 spiro atoms. The van der Waals surface area contributed by atoms with E-state index in [-0.39, 0.29) is 11.5 Å². The van der Waals surface area contributed by atoms with E-state index in [0.717, 1.165) is 23.3 Å². The van der Waals surface area contributed by atoms with Crippen LogP contribution in [0.25, 0.3) is 0 Å². The van der Waals surface area contributed by atoms with Gasteiger partial charge in [0.05, 0.1) is 0 Å². The van der Waals surface area contributed by atoms with E-state index in [1.54, 1.807) is 7.11 Å². The Hall–Kier alpha value is -0.740. The van der Waals surface area contributed by atoms with Crippen molar-refractivity contribution < 1.29 is 4.74 Å². The maximum Gasteiger partial charge on any atom is 0.137 e. The Labute approximate surface area is 120 Å². The lowest BCUT2D eigenvalue weighted by atomic mass is 9.88. The van der Waals surface area contributed by atoms with Crippen molar-refractivity contribution in [3.05, 3.63) is 21.7 Å². The summed E-state index contributed by atoms with van der Waals surface area (Å²) in [5.74, 6) is 0.876. The number of aromatic amines is 1. The molecular formula is C15H24N2OS. The van der Waals surface area contributed by atoms with Crippen LogP contribution in [0.15, 0.2) is 0 Å². The van der Waals surface area contributed by atoms with Crippen LogP contribution in [0.2, 0.25) is 0 Å². The molecule has 0 bridgehead atoms. The fourth-order valence-corrected chi connectivity index (χ4v) is 3.14. The predicted molar refractivity (Wildman–Crippen MR) is 79.9 cm³/mol. The van der Waals surface area contributed by atoms with Gasteiger partial charge in [-0.1, -0.05) is 39.4 Å². The lowest BCUT2D eigenvalue weighted by Gasteiger charge is -2.29. The van der Waals surface area contributed by atoms with Crippen molar-refractivity contribution in [1.82, 2.24) is 9.97 Å². The molecule has 1 aliphatic carbocycles. The highest BCUT2D eigenvalue weighted by atomic mass is 32.1. The molecule has 3 nitrogen and oxygen atoms in total. The molecule has 0 amide bonds. The fourth-order valence-electron chi connectivity index (χ4n) is 2.82. The van der Waals surface area contributed by atoms with Gasteiger partial charge in [0.15, 0.2) is 0 Å². The standard InChI is InChI=1S/C15H24N2OS/c1-15(2,3)12(18-4)13-16-11-9-7-5-6-8-10(11)14(19)17-13/h12H,5-9H2,1-4H3,(H,16,17,19). The molecule has 1 aromatic rings. The number of hydrogen-bond acceptors (Lipinski definition) is 3. The Kier molecular flexibility index (Phi) is 4.41. The third kappa shape index (κ3) is 3.23. The number of ether oxygens (including phenoxy) is 1. The van der Waals surface area contributed by atoms with Crippen molar-refractivity contribution in [3.63, 3.8) is 0 Å². The highest BCUT2D eigenvalue weighted by Gasteiger charge is 2.29. The van der Waals surface area contributed by atoms with Gasteiger partial charge in [-0.15, -0.1) is 0 Å². The summed E-state index contributed by atoms with van der Waals surface area (Å²) in [7, 11) is 1.74. The van der Waals surface area contributed by atoms with Crippen LogP contribution in [-0.2, 0) is 17.6 Å². The van der Waals surface area contributed by atoms with E-state index in [1.165, 1.54) is 30.5 Å². The number of rotatable bonds is 2. The zero-order chi connectivity index (χ0) is 14.0. The van der Waals surface area contributed by atoms with E-state index in [0.29, 0.717) is 0 Å². The van der Waals surface area contributed by atoms with E-state index in [9.17, 15) is 0 Å². The van der Waals surface area contributed by atoms with Gasteiger partial charge in [-0.2, -0.15) is 0 Å². The van der Waals surface area contributed by atoms with Gasteiger partial charge in [0.1, 0.15) is 16.6 Å². The average molecular weight is 280 g/mol. The van der Waals surface area contributed by atoms with Crippen molar-refractivity contribution in [2.45, 2.75) is 59.0 Å². The van der Waals surface area contributed by atoms with Crippen LogP contribution >= 0.6 is 12.2 Å². The molecule has 0 aliphatic heterocycles. The second-order valence-electron chi connectivity index (χ2n) is 6.43. The van der Waals surface area contributed by atoms with Crippen LogP contribution in [-0.4, -0.2) is 17.1 Å². The van der Waals surface area contributed by atoms with Gasteiger partial charge in [0.25, 0.3) is 0 Å². The molecular weight excluding hydrogens is 256 g/mol. The van der Waals surface area contributed by atoms with E-state index in [4.69, 9.17) is 17.0 Å². The second kappa shape index (κ2) is 5.71. The minimum absolute atomic E-state index is 0.00100. The predicted octanol–water partition coefficient (Wildman–Crippen LogP) is 4.14. The quantitative estimate of drug-likeness (QED) is 0.653. The summed E-state index contributed by atoms with van der Waals surface area (Å²) < 4.78 is 6.40. The number of aromatic nitrogens is 2. The smallest absolute Gasteiger partial charge is 0.137 e. The summed E-state index contributed by atoms with van der Waals surface area (Å²) in [6.07, 6.45) is 5.82. The Morgan fingerprint density at radius 2 is 1.89 bits per heavy atom. The van der Waals surface area contributed by atoms with Crippen LogP contribution in [0.4, 0.5) is 0 Å². The first kappa shape index (κ1) is 14.7. The SMILES string of the molecule is COC(c1nc(=S)c2c([nH]1)CCCCC2)C(C)(C)C. The maximum absolute atomic E-state index is 5.64. The minimum Gasteiger partial charge on any atom is -0.373 e. The molecule has 19 heavy (non-hydrogen) atoms. The molecule has 1 aromatic heterocycles. The molecule has 1 atom stereocenters. The van der Waals surface area contributed by atoms with Gasteiger partial charge >= 0.3 is 0 Å². The largest absolute Gasteiger partial charge is 0.373 e. The number of fused-ring (bicyclic) bond motifs is 1. The Bertz CT molecular complexity index is 502. The molecule has 2 rings (SSSR count). The van der Waals surface area contributed by atoms with Gasteiger partial charge < -0.3 is 9.72 Å². The minimum atomic E-state index is -0.0530. The zero-order valence-electron chi connectivity index (χ0n) is 12.4. The fraction of sp³-hybridized carbons (Fsp3) is 0.733. The van der Waals surface area contributed by atoms with Gasteiger partial charge in [-0.05, 0) is 31.1 Å². The Morgan fingerprint density at radius 3 is 2.53 bits per heavy atom. The second-order valence-corrected chi connectivity index (χ2v) is 6.81. The highest BCUT2D eigenvalue weighted by molar-refractivity contribution is 7.71. The lowest BCUT2D eigenvalue weighted by molar-refractivity contribution is 0.00839. The van der Waals surface area contributed by atoms with Crippen molar-refractivity contribution in [2.24, 2.45) is 5.41 Å². The van der Waals surface area contributed by atoms with Gasteiger partial charge in [0.2, 0.25) is 0 Å². The molecule has 1 aliphatic rings. The number of aryl methyl sites for hydroxylation is 1. The van der Waals surface area contributed by atoms with Crippen LogP contribution in [0, 0.1) is 10.1 Å². The lowest BCUT2D eigenvalue weighted by Crippen LogP contribution is -2.23. The van der Waals surface area contributed by atoms with Gasteiger partial charge in [-0.25, -0.2) is 4.98 Å². The van der Waals surface area contributed by atoms with Crippen LogP contribution in [0.1, 0.15) is 63.2 Å². The first-order chi connectivity index (χ1) is 8.93. The zero-order valence-corrected chi connectivity index (χ0v) is 13.2. The topological polar surface area (TPSA) is 37.9 Å². The summed E-state index contributed by atoms with van der Waals surface area (Å²) in [5, 5.41) is 0. The molecule has 0 saturated heterocycles. The molecule has 0 aromatic carbocycles. The molecule has 0 saturated carbocycles. The highest BCUT2D eigenvalue weighted by Crippen LogP contribution is 2.34. The number of nitrogens with one attached hydrogen (secondary N) is 1. The molecule has 1 N–H and O–H groups in total. The first-order valence-electron chi connectivity index (χ1n) is 7.08. The van der Waals surface area contributed by atoms with Crippen molar-refractivity contribution in [1.29, 1.82) is 0 Å². The first-order valence-corrected chi connectivity index (χ1v) is 7.49. The summed E-state index contributed by atoms with van der Waals surface area (Å²) in [6.45, 7) is 6.47. The third-order valence-electron chi connectivity index (χ3n) is 3.75. The number of hydrogen-bond donors (Lipinski definition) is 1. The van der Waals surface area contributed by atoms with Crippen LogP contribution in [0.3, 0.4) is 0 Å². The van der Waals surface area contributed by atoms with E-state index >= 15 is 0 Å². The molecule has 4 heteroatoms. The molecule has 0 fully saturated rings. The summed E-state index contributed by atoms with van der Waals surface area (Å²) in [6, 6.07) is 0. The Morgan fingerprint density at radius 1 is 1.21 bits per heavy atom. The molecule has 0 radical (unpaired) electrons. The monoisotopic (exact) mass is 280 g/mol. The Balaban J connectivity index is 2.46. The summed E-state index contributed by atoms with van der Waals surface area (Å²) >= 11 is 5.49. The normalized spacial score (nSPS) is 17.7. The maximum atomic E-state index is 5.64. The van der Waals surface area contributed by atoms with Crippen molar-refractivity contribution in [2.75, 3.05) is 7.11 Å². The van der Waals surface area contributed by atoms with Crippen molar-refractivity contribution >= 4 is 12.2 Å². The van der Waals surface area contributed by atoms with Gasteiger partial charge in [0, 0.05) is 18.4 Å². The van der Waals surface area contributed by atoms with Crippen LogP contribution < -0.4 is 0 Å². The van der Waals surface area contributed by atoms with E-state index in [2.05, 4.69) is 30.7 Å².